The van der Waals surface area contributed by atoms with Crippen LogP contribution in [0.1, 0.15) is 43.0 Å². The van der Waals surface area contributed by atoms with Gasteiger partial charge in [-0.25, -0.2) is 9.78 Å². The molecule has 0 saturated carbocycles. The Bertz CT molecular complexity index is 1340. The number of carbonyl (C=O) groups excluding carboxylic acids is 2. The van der Waals surface area contributed by atoms with Gasteiger partial charge in [0.05, 0.1) is 16.8 Å². The highest BCUT2D eigenvalue weighted by Crippen LogP contribution is 2.26. The molecule has 1 heterocycles. The van der Waals surface area contributed by atoms with E-state index in [9.17, 15) is 9.59 Å². The Balaban J connectivity index is 1.66. The van der Waals surface area contributed by atoms with Crippen molar-refractivity contribution in [3.8, 4) is 11.3 Å². The number of ether oxygens (including phenoxy) is 1. The summed E-state index contributed by atoms with van der Waals surface area (Å²) in [4.78, 5) is 30.4. The number of hydrogen-bond donors (Lipinski definition) is 0. The molecule has 0 aliphatic carbocycles. The molecule has 32 heavy (non-hydrogen) atoms. The number of aromatic nitrogens is 1. The molecule has 0 N–H and O–H groups in total. The summed E-state index contributed by atoms with van der Waals surface area (Å²) in [5, 5.41) is 0.712. The molecule has 160 valence electrons. The van der Waals surface area contributed by atoms with Crippen molar-refractivity contribution in [3.63, 3.8) is 0 Å². The smallest absolute Gasteiger partial charge is 0.339 e. The number of hydrogen-bond acceptors (Lipinski definition) is 4. The first kappa shape index (κ1) is 21.4. The molecule has 0 atom stereocenters. The fraction of sp³-hybridized carbons (Fsp3) is 0.179. The molecule has 0 fully saturated rings. The van der Waals surface area contributed by atoms with E-state index in [1.54, 1.807) is 12.1 Å². The number of benzene rings is 3. The van der Waals surface area contributed by atoms with Crippen LogP contribution in [0.15, 0.2) is 66.7 Å². The van der Waals surface area contributed by atoms with E-state index in [4.69, 9.17) is 9.72 Å². The highest BCUT2D eigenvalue weighted by molar-refractivity contribution is 6.06. The van der Waals surface area contributed by atoms with Crippen molar-refractivity contribution < 1.29 is 14.3 Å². The van der Waals surface area contributed by atoms with E-state index >= 15 is 0 Å². The number of carbonyl (C=O) groups is 2. The van der Waals surface area contributed by atoms with Gasteiger partial charge in [0, 0.05) is 16.5 Å². The summed E-state index contributed by atoms with van der Waals surface area (Å²) in [6, 6.07) is 21.0. The zero-order valence-electron chi connectivity index (χ0n) is 18.7. The number of ketones is 1. The van der Waals surface area contributed by atoms with E-state index < -0.39 is 5.97 Å². The molecule has 4 aromatic rings. The van der Waals surface area contributed by atoms with Crippen LogP contribution in [0.3, 0.4) is 0 Å². The van der Waals surface area contributed by atoms with Crippen LogP contribution >= 0.6 is 0 Å². The summed E-state index contributed by atoms with van der Waals surface area (Å²) >= 11 is 0. The Morgan fingerprint density at radius 3 is 2.22 bits per heavy atom. The Labute approximate surface area is 187 Å². The van der Waals surface area contributed by atoms with Crippen molar-refractivity contribution in [2.75, 3.05) is 6.61 Å². The van der Waals surface area contributed by atoms with Crippen LogP contribution < -0.4 is 0 Å². The Hall–Kier alpha value is -3.79. The zero-order valence-corrected chi connectivity index (χ0v) is 18.7. The SMILES string of the molecule is Cc1ccc(-c2cc(C(=O)OCC(=O)c3ccc(C)c(C)c3)c3cc(C)ccc3n2)cc1. The van der Waals surface area contributed by atoms with E-state index in [1.807, 2.05) is 82.3 Å². The van der Waals surface area contributed by atoms with Gasteiger partial charge < -0.3 is 4.74 Å². The average molecular weight is 424 g/mol. The van der Waals surface area contributed by atoms with E-state index in [1.165, 1.54) is 0 Å². The second-order valence-corrected chi connectivity index (χ2v) is 8.24. The fourth-order valence-corrected chi connectivity index (χ4v) is 3.59. The van der Waals surface area contributed by atoms with Crippen LogP contribution in [-0.4, -0.2) is 23.3 Å². The summed E-state index contributed by atoms with van der Waals surface area (Å²) < 4.78 is 5.46. The third kappa shape index (κ3) is 4.45. The minimum atomic E-state index is -0.534. The second-order valence-electron chi connectivity index (χ2n) is 8.24. The Morgan fingerprint density at radius 1 is 0.781 bits per heavy atom. The number of aryl methyl sites for hydroxylation is 4. The van der Waals surface area contributed by atoms with Gasteiger partial charge in [-0.05, 0) is 63.1 Å². The lowest BCUT2D eigenvalue weighted by molar-refractivity contribution is 0.0476. The van der Waals surface area contributed by atoms with E-state index in [0.29, 0.717) is 27.7 Å². The molecule has 1 aromatic heterocycles. The van der Waals surface area contributed by atoms with Gasteiger partial charge >= 0.3 is 5.97 Å². The Morgan fingerprint density at radius 2 is 1.50 bits per heavy atom. The molecule has 0 unspecified atom stereocenters. The lowest BCUT2D eigenvalue weighted by atomic mass is 10.0. The third-order valence-corrected chi connectivity index (χ3v) is 5.69. The lowest BCUT2D eigenvalue weighted by Gasteiger charge is -2.11. The third-order valence-electron chi connectivity index (χ3n) is 5.69. The first-order valence-electron chi connectivity index (χ1n) is 10.6. The first-order valence-corrected chi connectivity index (χ1v) is 10.6. The van der Waals surface area contributed by atoms with E-state index in [-0.39, 0.29) is 12.4 Å². The van der Waals surface area contributed by atoms with Crippen LogP contribution in [0, 0.1) is 27.7 Å². The number of fused-ring (bicyclic) bond motifs is 1. The van der Waals surface area contributed by atoms with Gasteiger partial charge in [-0.1, -0.05) is 53.6 Å². The molecular weight excluding hydrogens is 398 g/mol. The van der Waals surface area contributed by atoms with Crippen LogP contribution in [0.2, 0.25) is 0 Å². The number of rotatable bonds is 5. The minimum Gasteiger partial charge on any atom is -0.454 e. The molecule has 0 radical (unpaired) electrons. The summed E-state index contributed by atoms with van der Waals surface area (Å²) in [6.07, 6.45) is 0. The zero-order chi connectivity index (χ0) is 22.8. The van der Waals surface area contributed by atoms with Gasteiger partial charge in [-0.2, -0.15) is 0 Å². The molecule has 0 aliphatic rings. The van der Waals surface area contributed by atoms with Crippen molar-refractivity contribution in [3.05, 3.63) is 100 Å². The van der Waals surface area contributed by atoms with Crippen molar-refractivity contribution >= 4 is 22.7 Å². The van der Waals surface area contributed by atoms with Crippen molar-refractivity contribution in [1.82, 2.24) is 4.98 Å². The van der Waals surface area contributed by atoms with Gasteiger partial charge in [0.15, 0.2) is 12.4 Å². The van der Waals surface area contributed by atoms with Gasteiger partial charge in [-0.15, -0.1) is 0 Å². The molecule has 0 saturated heterocycles. The van der Waals surface area contributed by atoms with E-state index in [0.717, 1.165) is 27.8 Å². The number of esters is 1. The minimum absolute atomic E-state index is 0.227. The molecule has 0 bridgehead atoms. The predicted molar refractivity (Wildman–Crippen MR) is 127 cm³/mol. The maximum atomic E-state index is 13.1. The summed E-state index contributed by atoms with van der Waals surface area (Å²) in [5.41, 5.74) is 7.56. The number of nitrogens with zero attached hydrogens (tertiary/aromatic N) is 1. The largest absolute Gasteiger partial charge is 0.454 e. The quantitative estimate of drug-likeness (QED) is 0.284. The molecule has 4 heteroatoms. The van der Waals surface area contributed by atoms with Gasteiger partial charge in [-0.3, -0.25) is 4.79 Å². The van der Waals surface area contributed by atoms with Crippen LogP contribution in [0.25, 0.3) is 22.2 Å². The Kier molecular flexibility index (Phi) is 5.87. The van der Waals surface area contributed by atoms with Crippen LogP contribution in [-0.2, 0) is 4.74 Å². The van der Waals surface area contributed by atoms with Crippen LogP contribution in [0.5, 0.6) is 0 Å². The molecule has 3 aromatic carbocycles. The van der Waals surface area contributed by atoms with Gasteiger partial charge in [0.2, 0.25) is 0 Å². The number of Topliss-reactive ketones (excluding diaryl/α,β-unsaturated/α-hetero) is 1. The van der Waals surface area contributed by atoms with Crippen LogP contribution in [0.4, 0.5) is 0 Å². The maximum Gasteiger partial charge on any atom is 0.339 e. The predicted octanol–water partition coefficient (Wildman–Crippen LogP) is 6.18. The number of pyridine rings is 1. The lowest BCUT2D eigenvalue weighted by Crippen LogP contribution is -2.15. The standard InChI is InChI=1S/C28H25NO3/c1-17-5-9-21(10-6-17)26-15-24(23-13-18(2)7-12-25(23)29-26)28(31)32-16-27(30)22-11-8-19(3)20(4)14-22/h5-15H,16H2,1-4H3. The molecular formula is C28H25NO3. The van der Waals surface area contributed by atoms with Gasteiger partial charge in [0.25, 0.3) is 0 Å². The van der Waals surface area contributed by atoms with Gasteiger partial charge in [0.1, 0.15) is 0 Å². The average Bonchev–Trinajstić information content (AvgIpc) is 2.79. The van der Waals surface area contributed by atoms with Crippen molar-refractivity contribution in [2.24, 2.45) is 0 Å². The van der Waals surface area contributed by atoms with Crippen molar-refractivity contribution in [2.45, 2.75) is 27.7 Å². The molecule has 4 nitrogen and oxygen atoms in total. The monoisotopic (exact) mass is 423 g/mol. The summed E-state index contributed by atoms with van der Waals surface area (Å²) in [7, 11) is 0. The topological polar surface area (TPSA) is 56.3 Å². The summed E-state index contributed by atoms with van der Waals surface area (Å²) in [5.74, 6) is -0.761. The van der Waals surface area contributed by atoms with Crippen molar-refractivity contribution in [1.29, 1.82) is 0 Å². The molecule has 0 aliphatic heterocycles. The normalized spacial score (nSPS) is 10.9. The fourth-order valence-electron chi connectivity index (χ4n) is 3.59. The van der Waals surface area contributed by atoms with E-state index in [2.05, 4.69) is 0 Å². The molecule has 0 spiro atoms. The summed E-state index contributed by atoms with van der Waals surface area (Å²) in [6.45, 7) is 7.63. The molecule has 4 rings (SSSR count). The first-order chi connectivity index (χ1) is 15.3. The molecule has 0 amide bonds. The highest BCUT2D eigenvalue weighted by atomic mass is 16.5. The highest BCUT2D eigenvalue weighted by Gasteiger charge is 2.18. The maximum absolute atomic E-state index is 13.1. The second kappa shape index (κ2) is 8.75.